The van der Waals surface area contributed by atoms with Crippen LogP contribution in [0.3, 0.4) is 0 Å². The first-order valence-corrected chi connectivity index (χ1v) is 8.25. The number of aryl methyl sites for hydroxylation is 2. The molecule has 6 heteroatoms. The van der Waals surface area contributed by atoms with Gasteiger partial charge in [-0.25, -0.2) is 0 Å². The predicted octanol–water partition coefficient (Wildman–Crippen LogP) is 3.70. The molecule has 6 nitrogen and oxygen atoms in total. The largest absolute Gasteiger partial charge is 0.480 e. The maximum Gasteiger partial charge on any atom is 0.323 e. The van der Waals surface area contributed by atoms with Gasteiger partial charge in [0.05, 0.1) is 0 Å². The average Bonchev–Trinajstić information content (AvgIpc) is 3.18. The predicted molar refractivity (Wildman–Crippen MR) is 95.0 cm³/mol. The highest BCUT2D eigenvalue weighted by Gasteiger charge is 2.15. The Morgan fingerprint density at radius 2 is 1.96 bits per heavy atom. The number of hydrogen-bond acceptors (Lipinski definition) is 3. The van der Waals surface area contributed by atoms with Crippen LogP contribution in [0.2, 0.25) is 0 Å². The number of rotatable bonds is 6. The van der Waals surface area contributed by atoms with Crippen molar-refractivity contribution in [2.75, 3.05) is 5.32 Å². The monoisotopic (exact) mass is 340 g/mol. The van der Waals surface area contributed by atoms with Crippen LogP contribution in [-0.4, -0.2) is 21.6 Å². The molecule has 1 amide bonds. The lowest BCUT2D eigenvalue weighted by atomic mass is 10.1. The maximum absolute atomic E-state index is 12.4. The van der Waals surface area contributed by atoms with E-state index >= 15 is 0 Å². The number of nitrogens with one attached hydrogen (secondary N) is 1. The van der Waals surface area contributed by atoms with Crippen molar-refractivity contribution in [2.45, 2.75) is 33.2 Å². The summed E-state index contributed by atoms with van der Waals surface area (Å²) in [7, 11) is 0. The summed E-state index contributed by atoms with van der Waals surface area (Å²) in [6.45, 7) is 3.93. The van der Waals surface area contributed by atoms with E-state index in [1.807, 2.05) is 26.0 Å². The van der Waals surface area contributed by atoms with Crippen molar-refractivity contribution in [1.82, 2.24) is 4.57 Å². The molecule has 0 atom stereocenters. The first-order valence-electron chi connectivity index (χ1n) is 8.25. The van der Waals surface area contributed by atoms with Gasteiger partial charge in [0, 0.05) is 29.2 Å². The number of carboxylic acid groups (broad SMARTS) is 1. The topological polar surface area (TPSA) is 84.5 Å². The van der Waals surface area contributed by atoms with Gasteiger partial charge in [0.2, 0.25) is 0 Å². The van der Waals surface area contributed by atoms with Crippen molar-refractivity contribution in [3.8, 4) is 0 Å². The minimum absolute atomic E-state index is 0.0960. The van der Waals surface area contributed by atoms with Gasteiger partial charge in [-0.2, -0.15) is 0 Å². The second kappa shape index (κ2) is 6.84. The fourth-order valence-electron chi connectivity index (χ4n) is 2.93. The Hall–Kier alpha value is -3.02. The maximum atomic E-state index is 12.4. The van der Waals surface area contributed by atoms with Crippen molar-refractivity contribution in [1.29, 1.82) is 0 Å². The Balaban J connectivity index is 1.81. The molecule has 0 unspecified atom stereocenters. The second-order valence-electron chi connectivity index (χ2n) is 5.83. The first-order chi connectivity index (χ1) is 12.0. The van der Waals surface area contributed by atoms with Crippen LogP contribution in [0.4, 0.5) is 5.69 Å². The summed E-state index contributed by atoms with van der Waals surface area (Å²) >= 11 is 0. The third-order valence-corrected chi connectivity index (χ3v) is 4.16. The van der Waals surface area contributed by atoms with Crippen LogP contribution in [0.1, 0.15) is 35.7 Å². The molecular formula is C19H20N2O4. The number of furan rings is 1. The molecule has 0 bridgehead atoms. The van der Waals surface area contributed by atoms with Crippen molar-refractivity contribution in [2.24, 2.45) is 0 Å². The standard InChI is InChI=1S/C19H20N2O4/c1-3-12-10-17(25-16(12)4-2)19(24)20-14-5-6-15-13(9-14)7-8-21(15)11-18(22)23/h5-10H,3-4,11H2,1-2H3,(H,20,24)(H,22,23). The normalized spacial score (nSPS) is 11.0. The number of anilines is 1. The molecule has 0 radical (unpaired) electrons. The summed E-state index contributed by atoms with van der Waals surface area (Å²) < 4.78 is 7.29. The van der Waals surface area contributed by atoms with E-state index in [2.05, 4.69) is 5.32 Å². The third-order valence-electron chi connectivity index (χ3n) is 4.16. The molecular weight excluding hydrogens is 320 g/mol. The zero-order chi connectivity index (χ0) is 18.0. The molecule has 2 aromatic heterocycles. The quantitative estimate of drug-likeness (QED) is 0.716. The van der Waals surface area contributed by atoms with Crippen molar-refractivity contribution >= 4 is 28.5 Å². The number of nitrogens with zero attached hydrogens (tertiary/aromatic N) is 1. The van der Waals surface area contributed by atoms with Crippen LogP contribution in [0.15, 0.2) is 40.9 Å². The minimum atomic E-state index is -0.897. The molecule has 0 aliphatic carbocycles. The molecule has 1 aromatic carbocycles. The number of carboxylic acids is 1. The fraction of sp³-hybridized carbons (Fsp3) is 0.263. The number of hydrogen-bond donors (Lipinski definition) is 2. The molecule has 3 aromatic rings. The van der Waals surface area contributed by atoms with Gasteiger partial charge in [0.25, 0.3) is 5.91 Å². The van der Waals surface area contributed by atoms with Crippen molar-refractivity contribution < 1.29 is 19.1 Å². The number of aliphatic carboxylic acids is 1. The van der Waals surface area contributed by atoms with Crippen LogP contribution in [0.25, 0.3) is 10.9 Å². The van der Waals surface area contributed by atoms with Gasteiger partial charge in [-0.3, -0.25) is 9.59 Å². The van der Waals surface area contributed by atoms with Crippen LogP contribution >= 0.6 is 0 Å². The third kappa shape index (κ3) is 3.42. The van der Waals surface area contributed by atoms with Gasteiger partial charge >= 0.3 is 5.97 Å². The second-order valence-corrected chi connectivity index (χ2v) is 5.83. The molecule has 0 spiro atoms. The molecule has 0 saturated heterocycles. The minimum Gasteiger partial charge on any atom is -0.480 e. The van der Waals surface area contributed by atoms with E-state index in [9.17, 15) is 9.59 Å². The molecule has 0 aliphatic rings. The van der Waals surface area contributed by atoms with Gasteiger partial charge in [-0.15, -0.1) is 0 Å². The molecule has 0 fully saturated rings. The van der Waals surface area contributed by atoms with Crippen LogP contribution in [0.5, 0.6) is 0 Å². The van der Waals surface area contributed by atoms with Gasteiger partial charge < -0.3 is 19.4 Å². The van der Waals surface area contributed by atoms with E-state index in [0.717, 1.165) is 35.1 Å². The van der Waals surface area contributed by atoms with E-state index in [0.29, 0.717) is 11.4 Å². The SMILES string of the molecule is CCc1cc(C(=O)Nc2ccc3c(ccn3CC(=O)O)c2)oc1CC. The van der Waals surface area contributed by atoms with E-state index in [1.54, 1.807) is 29.0 Å². The summed E-state index contributed by atoms with van der Waals surface area (Å²) in [4.78, 5) is 23.3. The van der Waals surface area contributed by atoms with Gasteiger partial charge in [-0.1, -0.05) is 13.8 Å². The smallest absolute Gasteiger partial charge is 0.323 e. The van der Waals surface area contributed by atoms with Gasteiger partial charge in [0.15, 0.2) is 5.76 Å². The number of aromatic nitrogens is 1. The van der Waals surface area contributed by atoms with Crippen LogP contribution in [0, 0.1) is 0 Å². The molecule has 2 N–H and O–H groups in total. The Morgan fingerprint density at radius 1 is 1.16 bits per heavy atom. The number of carbonyl (C=O) groups is 2. The van der Waals surface area contributed by atoms with Crippen molar-refractivity contribution in [3.63, 3.8) is 0 Å². The van der Waals surface area contributed by atoms with E-state index in [1.165, 1.54) is 0 Å². The molecule has 0 saturated carbocycles. The summed E-state index contributed by atoms with van der Waals surface area (Å²) in [6.07, 6.45) is 3.29. The molecule has 130 valence electrons. The van der Waals surface area contributed by atoms with Gasteiger partial charge in [-0.05, 0) is 42.3 Å². The summed E-state index contributed by atoms with van der Waals surface area (Å²) in [5.74, 6) is -0.0454. The lowest BCUT2D eigenvalue weighted by Gasteiger charge is -2.05. The average molecular weight is 340 g/mol. The van der Waals surface area contributed by atoms with Crippen molar-refractivity contribution in [3.05, 3.63) is 53.6 Å². The van der Waals surface area contributed by atoms with E-state index in [4.69, 9.17) is 9.52 Å². The first kappa shape index (κ1) is 16.8. The summed E-state index contributed by atoms with van der Waals surface area (Å²) in [5, 5.41) is 12.6. The lowest BCUT2D eigenvalue weighted by Crippen LogP contribution is -2.11. The van der Waals surface area contributed by atoms with Crippen LogP contribution < -0.4 is 5.32 Å². The lowest BCUT2D eigenvalue weighted by molar-refractivity contribution is -0.137. The molecule has 3 rings (SSSR count). The zero-order valence-electron chi connectivity index (χ0n) is 14.2. The molecule has 25 heavy (non-hydrogen) atoms. The van der Waals surface area contributed by atoms with E-state index in [-0.39, 0.29) is 12.5 Å². The highest BCUT2D eigenvalue weighted by atomic mass is 16.4. The Bertz CT molecular complexity index is 915. The Labute approximate surface area is 145 Å². The fourth-order valence-corrected chi connectivity index (χ4v) is 2.93. The Kier molecular flexibility index (Phi) is 4.61. The summed E-state index contributed by atoms with van der Waals surface area (Å²) in [6, 6.07) is 8.98. The number of amides is 1. The highest BCUT2D eigenvalue weighted by Crippen LogP contribution is 2.22. The number of carbonyl (C=O) groups excluding carboxylic acids is 1. The highest BCUT2D eigenvalue weighted by molar-refractivity contribution is 6.03. The van der Waals surface area contributed by atoms with Gasteiger partial charge in [0.1, 0.15) is 12.3 Å². The van der Waals surface area contributed by atoms with Crippen LogP contribution in [-0.2, 0) is 24.2 Å². The molecule has 0 aliphatic heterocycles. The Morgan fingerprint density at radius 3 is 2.60 bits per heavy atom. The summed E-state index contributed by atoms with van der Waals surface area (Å²) in [5.41, 5.74) is 2.49. The molecule has 2 heterocycles. The number of fused-ring (bicyclic) bond motifs is 1. The van der Waals surface area contributed by atoms with E-state index < -0.39 is 5.97 Å². The number of benzene rings is 1. The zero-order valence-corrected chi connectivity index (χ0v) is 14.2.